The van der Waals surface area contributed by atoms with Gasteiger partial charge in [0.15, 0.2) is 5.76 Å². The van der Waals surface area contributed by atoms with E-state index >= 15 is 0 Å². The van der Waals surface area contributed by atoms with Gasteiger partial charge in [0.2, 0.25) is 0 Å². The average Bonchev–Trinajstić information content (AvgIpc) is 3.29. The fraction of sp³-hybridized carbons (Fsp3) is 0.370. The predicted octanol–water partition coefficient (Wildman–Crippen LogP) is 5.59. The largest absolute Gasteiger partial charge is 0.455 e. The van der Waals surface area contributed by atoms with Gasteiger partial charge in [-0.15, -0.1) is 0 Å². The van der Waals surface area contributed by atoms with Crippen molar-refractivity contribution in [1.29, 1.82) is 0 Å². The van der Waals surface area contributed by atoms with Crippen LogP contribution in [0.1, 0.15) is 59.5 Å². The summed E-state index contributed by atoms with van der Waals surface area (Å²) in [5.74, 6) is 1.11. The van der Waals surface area contributed by atoms with Crippen LogP contribution in [0.2, 0.25) is 0 Å². The van der Waals surface area contributed by atoms with E-state index in [0.717, 1.165) is 25.3 Å². The molecule has 4 rings (SSSR count). The van der Waals surface area contributed by atoms with Crippen LogP contribution in [-0.4, -0.2) is 23.4 Å². The predicted molar refractivity (Wildman–Crippen MR) is 124 cm³/mol. The molecule has 2 aromatic carbocycles. The molecule has 0 aliphatic heterocycles. The molecule has 4 heteroatoms. The van der Waals surface area contributed by atoms with Crippen molar-refractivity contribution in [1.82, 2.24) is 10.2 Å². The first-order chi connectivity index (χ1) is 15.3. The molecular weight excluding hydrogens is 384 g/mol. The van der Waals surface area contributed by atoms with Crippen LogP contribution in [0.3, 0.4) is 0 Å². The Hall–Kier alpha value is -2.85. The smallest absolute Gasteiger partial charge is 0.287 e. The Labute approximate surface area is 185 Å². The first-order valence-corrected chi connectivity index (χ1v) is 11.5. The van der Waals surface area contributed by atoms with E-state index in [0.29, 0.717) is 18.3 Å². The number of nitrogens with one attached hydrogen (secondary N) is 1. The van der Waals surface area contributed by atoms with Crippen LogP contribution < -0.4 is 5.32 Å². The molecule has 31 heavy (non-hydrogen) atoms. The molecule has 0 saturated heterocycles. The number of rotatable bonds is 9. The van der Waals surface area contributed by atoms with Crippen molar-refractivity contribution in [3.63, 3.8) is 0 Å². The van der Waals surface area contributed by atoms with Gasteiger partial charge in [-0.2, -0.15) is 0 Å². The van der Waals surface area contributed by atoms with Gasteiger partial charge in [-0.25, -0.2) is 0 Å². The van der Waals surface area contributed by atoms with Crippen LogP contribution in [0, 0.1) is 0 Å². The highest BCUT2D eigenvalue weighted by molar-refractivity contribution is 5.91. The fourth-order valence-electron chi connectivity index (χ4n) is 4.42. The first-order valence-electron chi connectivity index (χ1n) is 11.5. The molecule has 1 heterocycles. The lowest BCUT2D eigenvalue weighted by Crippen LogP contribution is -2.35. The first kappa shape index (κ1) is 21.4. The summed E-state index contributed by atoms with van der Waals surface area (Å²) in [7, 11) is 0. The number of nitrogens with zero attached hydrogens (tertiary/aromatic N) is 1. The second-order valence-electron chi connectivity index (χ2n) is 8.44. The third-order valence-electron chi connectivity index (χ3n) is 6.11. The van der Waals surface area contributed by atoms with Crippen molar-refractivity contribution >= 4 is 5.91 Å². The highest BCUT2D eigenvalue weighted by Gasteiger charge is 2.23. The summed E-state index contributed by atoms with van der Waals surface area (Å²) in [5, 5.41) is 2.97. The van der Waals surface area contributed by atoms with E-state index in [9.17, 15) is 4.79 Å². The number of benzene rings is 2. The van der Waals surface area contributed by atoms with Gasteiger partial charge in [0, 0.05) is 19.1 Å². The molecule has 0 bridgehead atoms. The molecule has 1 aliphatic carbocycles. The minimum Gasteiger partial charge on any atom is -0.455 e. The van der Waals surface area contributed by atoms with Gasteiger partial charge >= 0.3 is 0 Å². The lowest BCUT2D eigenvalue weighted by Gasteiger charge is -2.33. The number of amides is 1. The van der Waals surface area contributed by atoms with Gasteiger partial charge in [0.1, 0.15) is 5.76 Å². The Morgan fingerprint density at radius 3 is 2.23 bits per heavy atom. The SMILES string of the molecule is O=C(NCCc1ccccc1)c1ccc(CN(Cc2ccccc2)C2CCCCC2)o1. The fourth-order valence-corrected chi connectivity index (χ4v) is 4.42. The summed E-state index contributed by atoms with van der Waals surface area (Å²) >= 11 is 0. The Morgan fingerprint density at radius 2 is 1.52 bits per heavy atom. The van der Waals surface area contributed by atoms with Gasteiger partial charge in [0.25, 0.3) is 5.91 Å². The normalized spacial score (nSPS) is 14.6. The van der Waals surface area contributed by atoms with Gasteiger partial charge in [-0.1, -0.05) is 79.9 Å². The molecule has 0 atom stereocenters. The molecule has 162 valence electrons. The zero-order valence-corrected chi connectivity index (χ0v) is 18.1. The van der Waals surface area contributed by atoms with Gasteiger partial charge in [0.05, 0.1) is 6.54 Å². The third kappa shape index (κ3) is 6.31. The molecule has 1 aliphatic rings. The summed E-state index contributed by atoms with van der Waals surface area (Å²) < 4.78 is 5.95. The van der Waals surface area contributed by atoms with Crippen LogP contribution >= 0.6 is 0 Å². The van der Waals surface area contributed by atoms with E-state index in [4.69, 9.17) is 4.42 Å². The average molecular weight is 417 g/mol. The number of hydrogen-bond acceptors (Lipinski definition) is 3. The molecule has 3 aromatic rings. The number of hydrogen-bond donors (Lipinski definition) is 1. The number of carbonyl (C=O) groups excluding carboxylic acids is 1. The molecule has 0 unspecified atom stereocenters. The topological polar surface area (TPSA) is 45.5 Å². The standard InChI is InChI=1S/C27H32N2O2/c30-27(28-19-18-22-10-4-1-5-11-22)26-17-16-25(31-26)21-29(24-14-8-3-9-15-24)20-23-12-6-2-7-13-23/h1-2,4-7,10-13,16-17,24H,3,8-9,14-15,18-21H2,(H,28,30). The van der Waals surface area contributed by atoms with E-state index in [1.165, 1.54) is 43.2 Å². The van der Waals surface area contributed by atoms with Crippen LogP contribution in [0.4, 0.5) is 0 Å². The molecule has 1 fully saturated rings. The summed E-state index contributed by atoms with van der Waals surface area (Å²) in [4.78, 5) is 15.0. The summed E-state index contributed by atoms with van der Waals surface area (Å²) in [6.07, 6.45) is 7.21. The summed E-state index contributed by atoms with van der Waals surface area (Å²) in [6.45, 7) is 2.24. The zero-order valence-electron chi connectivity index (χ0n) is 18.1. The monoisotopic (exact) mass is 416 g/mol. The molecular formula is C27H32N2O2. The number of carbonyl (C=O) groups is 1. The lowest BCUT2D eigenvalue weighted by molar-refractivity contribution is 0.0916. The van der Waals surface area contributed by atoms with E-state index in [1.54, 1.807) is 6.07 Å². The van der Waals surface area contributed by atoms with E-state index in [1.807, 2.05) is 24.3 Å². The lowest BCUT2D eigenvalue weighted by atomic mass is 9.93. The maximum absolute atomic E-state index is 12.5. The van der Waals surface area contributed by atoms with Gasteiger partial charge in [-0.05, 0) is 42.5 Å². The molecule has 1 aromatic heterocycles. The number of furan rings is 1. The van der Waals surface area contributed by atoms with Crippen molar-refractivity contribution in [3.8, 4) is 0 Å². The van der Waals surface area contributed by atoms with Crippen LogP contribution in [0.5, 0.6) is 0 Å². The summed E-state index contributed by atoms with van der Waals surface area (Å²) in [6, 6.07) is 25.1. The Balaban J connectivity index is 1.35. The molecule has 1 N–H and O–H groups in total. The molecule has 1 saturated carbocycles. The minimum absolute atomic E-state index is 0.144. The van der Waals surface area contributed by atoms with Crippen molar-refractivity contribution < 1.29 is 9.21 Å². The van der Waals surface area contributed by atoms with E-state index < -0.39 is 0 Å². The van der Waals surface area contributed by atoms with Crippen LogP contribution in [0.25, 0.3) is 0 Å². The van der Waals surface area contributed by atoms with Crippen molar-refractivity contribution in [3.05, 3.63) is 95.4 Å². The Bertz CT molecular complexity index is 930. The quantitative estimate of drug-likeness (QED) is 0.495. The van der Waals surface area contributed by atoms with Crippen LogP contribution in [-0.2, 0) is 19.5 Å². The van der Waals surface area contributed by atoms with E-state index in [-0.39, 0.29) is 5.91 Å². The molecule has 1 amide bonds. The Kier molecular flexibility index (Phi) is 7.56. The second-order valence-corrected chi connectivity index (χ2v) is 8.44. The molecule has 0 spiro atoms. The highest BCUT2D eigenvalue weighted by atomic mass is 16.4. The Morgan fingerprint density at radius 1 is 0.839 bits per heavy atom. The van der Waals surface area contributed by atoms with Crippen molar-refractivity contribution in [2.75, 3.05) is 6.54 Å². The van der Waals surface area contributed by atoms with Crippen LogP contribution in [0.15, 0.2) is 77.2 Å². The highest BCUT2D eigenvalue weighted by Crippen LogP contribution is 2.26. The zero-order chi connectivity index (χ0) is 21.3. The maximum Gasteiger partial charge on any atom is 0.287 e. The van der Waals surface area contributed by atoms with Crippen molar-refractivity contribution in [2.45, 2.75) is 57.7 Å². The van der Waals surface area contributed by atoms with Gasteiger partial charge < -0.3 is 9.73 Å². The molecule has 4 nitrogen and oxygen atoms in total. The maximum atomic E-state index is 12.5. The summed E-state index contributed by atoms with van der Waals surface area (Å²) in [5.41, 5.74) is 2.53. The second kappa shape index (κ2) is 11.0. The minimum atomic E-state index is -0.144. The third-order valence-corrected chi connectivity index (χ3v) is 6.11. The van der Waals surface area contributed by atoms with Crippen molar-refractivity contribution in [2.24, 2.45) is 0 Å². The molecule has 0 radical (unpaired) electrons. The van der Waals surface area contributed by atoms with Gasteiger partial charge in [-0.3, -0.25) is 9.69 Å². The van der Waals surface area contributed by atoms with E-state index in [2.05, 4.69) is 52.7 Å².